The van der Waals surface area contributed by atoms with Crippen molar-refractivity contribution in [1.82, 2.24) is 4.57 Å². The average Bonchev–Trinajstić information content (AvgIpc) is 2.93. The van der Waals surface area contributed by atoms with Gasteiger partial charge in [0.05, 0.1) is 5.52 Å². The highest BCUT2D eigenvalue weighted by Gasteiger charge is 2.18. The Morgan fingerprint density at radius 3 is 2.52 bits per heavy atom. The number of ether oxygens (including phenoxy) is 1. The molecule has 1 heterocycles. The van der Waals surface area contributed by atoms with E-state index in [0.29, 0.717) is 23.1 Å². The summed E-state index contributed by atoms with van der Waals surface area (Å²) >= 11 is 0. The molecule has 3 rings (SSSR count). The van der Waals surface area contributed by atoms with Gasteiger partial charge in [-0.05, 0) is 75.9 Å². The highest BCUT2D eigenvalue weighted by atomic mass is 16.5. The molecule has 0 spiro atoms. The van der Waals surface area contributed by atoms with Crippen molar-refractivity contribution in [3.05, 3.63) is 93.8 Å². The zero-order chi connectivity index (χ0) is 28.9. The van der Waals surface area contributed by atoms with Crippen LogP contribution in [0, 0.1) is 0 Å². The zero-order valence-corrected chi connectivity index (χ0v) is 24.2. The van der Waals surface area contributed by atoms with Crippen molar-refractivity contribution in [3.63, 3.8) is 0 Å². The summed E-state index contributed by atoms with van der Waals surface area (Å²) in [6, 6.07) is 14.8. The summed E-state index contributed by atoms with van der Waals surface area (Å²) in [5.74, 6) is -0.503. The molecular weight excluding hydrogens is 500 g/mol. The van der Waals surface area contributed by atoms with Crippen LogP contribution >= 0.6 is 0 Å². The molecule has 0 radical (unpaired) electrons. The molecule has 0 aliphatic heterocycles. The van der Waals surface area contributed by atoms with Crippen molar-refractivity contribution in [3.8, 4) is 11.5 Å². The fraction of sp³-hybridized carbons (Fsp3) is 0.353. The molecule has 40 heavy (non-hydrogen) atoms. The largest absolute Gasteiger partial charge is 0.504 e. The number of aryl methyl sites for hydroxylation is 1. The Balaban J connectivity index is 1.86. The van der Waals surface area contributed by atoms with Gasteiger partial charge in [-0.15, -0.1) is 0 Å². The minimum atomic E-state index is -0.371. The van der Waals surface area contributed by atoms with E-state index in [9.17, 15) is 14.7 Å². The van der Waals surface area contributed by atoms with E-state index in [0.717, 1.165) is 44.1 Å². The molecule has 0 atom stereocenters. The van der Waals surface area contributed by atoms with Gasteiger partial charge in [0.15, 0.2) is 5.75 Å². The van der Waals surface area contributed by atoms with Crippen LogP contribution in [0.3, 0.4) is 0 Å². The monoisotopic (exact) mass is 542 g/mol. The third-order valence-corrected chi connectivity index (χ3v) is 6.68. The standard InChI is InChI=1S/C34H42N2O4/c1-5-6-7-11-22-36-30-24-28(35-31(37)20-17-27-15-9-8-10-16-27)18-19-29(30)32(38)33(34(36)39)40-23-21-26(4)14-12-13-25(2)3/h8-10,13,15-21,24,38H,5-7,11-12,14,22-23H2,1-4H3,(H,35,37)/b20-17?,26-21+. The summed E-state index contributed by atoms with van der Waals surface area (Å²) < 4.78 is 7.51. The minimum absolute atomic E-state index is 0.0427. The minimum Gasteiger partial charge on any atom is -0.504 e. The molecule has 0 bridgehead atoms. The molecule has 0 aliphatic carbocycles. The first kappa shape index (κ1) is 30.5. The molecule has 0 saturated heterocycles. The fourth-order valence-corrected chi connectivity index (χ4v) is 4.42. The van der Waals surface area contributed by atoms with E-state index in [-0.39, 0.29) is 29.6 Å². The Bertz CT molecular complexity index is 1430. The lowest BCUT2D eigenvalue weighted by molar-refractivity contribution is -0.111. The first-order chi connectivity index (χ1) is 19.3. The van der Waals surface area contributed by atoms with Crippen LogP contribution in [0.2, 0.25) is 0 Å². The van der Waals surface area contributed by atoms with E-state index >= 15 is 0 Å². The van der Waals surface area contributed by atoms with E-state index in [4.69, 9.17) is 4.74 Å². The van der Waals surface area contributed by atoms with Crippen molar-refractivity contribution < 1.29 is 14.6 Å². The molecule has 6 nitrogen and oxygen atoms in total. The molecule has 0 aliphatic rings. The lowest BCUT2D eigenvalue weighted by Crippen LogP contribution is -2.23. The van der Waals surface area contributed by atoms with E-state index in [1.54, 1.807) is 28.8 Å². The summed E-state index contributed by atoms with van der Waals surface area (Å²) in [5, 5.41) is 14.4. The Kier molecular flexibility index (Phi) is 11.8. The molecule has 1 amide bonds. The summed E-state index contributed by atoms with van der Waals surface area (Å²) in [5.41, 5.74) is 4.11. The second-order valence-corrected chi connectivity index (χ2v) is 10.3. The number of benzene rings is 2. The maximum atomic E-state index is 13.5. The molecule has 0 saturated carbocycles. The summed E-state index contributed by atoms with van der Waals surface area (Å²) in [4.78, 5) is 26.1. The first-order valence-corrected chi connectivity index (χ1v) is 14.2. The molecule has 0 fully saturated rings. The zero-order valence-electron chi connectivity index (χ0n) is 24.2. The SMILES string of the molecule is CCCCCCn1c(=O)c(OC/C=C(\C)CCC=C(C)C)c(O)c2ccc(NC(=O)C=Cc3ccccc3)cc21. The lowest BCUT2D eigenvalue weighted by Gasteiger charge is -2.16. The maximum Gasteiger partial charge on any atom is 0.297 e. The van der Waals surface area contributed by atoms with Gasteiger partial charge in [-0.2, -0.15) is 0 Å². The number of aromatic hydroxyl groups is 1. The fourth-order valence-electron chi connectivity index (χ4n) is 4.42. The van der Waals surface area contributed by atoms with Crippen LogP contribution in [0.1, 0.15) is 71.8 Å². The molecule has 1 aromatic heterocycles. The number of pyridine rings is 1. The van der Waals surface area contributed by atoms with Crippen molar-refractivity contribution >= 4 is 28.6 Å². The highest BCUT2D eigenvalue weighted by molar-refractivity contribution is 6.03. The normalized spacial score (nSPS) is 11.7. The van der Waals surface area contributed by atoms with E-state index in [1.165, 1.54) is 17.2 Å². The van der Waals surface area contributed by atoms with Crippen LogP contribution in [0.15, 0.2) is 82.7 Å². The van der Waals surface area contributed by atoms with Crippen LogP contribution in [-0.2, 0) is 11.3 Å². The van der Waals surface area contributed by atoms with Crippen LogP contribution < -0.4 is 15.6 Å². The Labute approximate surface area is 237 Å². The van der Waals surface area contributed by atoms with Crippen LogP contribution in [-0.4, -0.2) is 22.2 Å². The predicted molar refractivity (Wildman–Crippen MR) is 166 cm³/mol. The number of carbonyl (C=O) groups excluding carboxylic acids is 1. The number of fused-ring (bicyclic) bond motifs is 1. The van der Waals surface area contributed by atoms with Crippen LogP contribution in [0.25, 0.3) is 17.0 Å². The van der Waals surface area contributed by atoms with Gasteiger partial charge in [0, 0.05) is 23.7 Å². The second-order valence-electron chi connectivity index (χ2n) is 10.3. The van der Waals surface area contributed by atoms with Gasteiger partial charge in [0.25, 0.3) is 5.56 Å². The number of aromatic nitrogens is 1. The molecule has 3 aromatic rings. The molecule has 2 N–H and O–H groups in total. The number of allylic oxidation sites excluding steroid dienone is 3. The smallest absolute Gasteiger partial charge is 0.297 e. The maximum absolute atomic E-state index is 13.5. The Morgan fingerprint density at radius 1 is 1.02 bits per heavy atom. The first-order valence-electron chi connectivity index (χ1n) is 14.2. The summed E-state index contributed by atoms with van der Waals surface area (Å²) in [6.07, 6.45) is 13.2. The number of amides is 1. The van der Waals surface area contributed by atoms with Gasteiger partial charge in [-0.25, -0.2) is 0 Å². The predicted octanol–water partition coefficient (Wildman–Crippen LogP) is 8.01. The van der Waals surface area contributed by atoms with Crippen molar-refractivity contribution in [2.45, 2.75) is 72.8 Å². The molecule has 212 valence electrons. The van der Waals surface area contributed by atoms with Gasteiger partial charge in [0.1, 0.15) is 6.61 Å². The number of nitrogens with zero attached hydrogens (tertiary/aromatic N) is 1. The highest BCUT2D eigenvalue weighted by Crippen LogP contribution is 2.33. The number of nitrogens with one attached hydrogen (secondary N) is 1. The van der Waals surface area contributed by atoms with E-state index in [1.807, 2.05) is 43.3 Å². The molecular formula is C34H42N2O4. The summed E-state index contributed by atoms with van der Waals surface area (Å²) in [7, 11) is 0. The number of unbranched alkanes of at least 4 members (excludes halogenated alkanes) is 3. The second kappa shape index (κ2) is 15.5. The van der Waals surface area contributed by atoms with Gasteiger partial charge in [0.2, 0.25) is 11.7 Å². The van der Waals surface area contributed by atoms with Gasteiger partial charge < -0.3 is 19.7 Å². The number of rotatable bonds is 14. The number of anilines is 1. The van der Waals surface area contributed by atoms with Crippen molar-refractivity contribution in [1.29, 1.82) is 0 Å². The molecule has 2 aromatic carbocycles. The summed E-state index contributed by atoms with van der Waals surface area (Å²) in [6.45, 7) is 9.04. The van der Waals surface area contributed by atoms with Crippen LogP contribution in [0.5, 0.6) is 11.5 Å². The number of hydrogen-bond donors (Lipinski definition) is 2. The Morgan fingerprint density at radius 2 is 1.80 bits per heavy atom. The molecule has 6 heteroatoms. The number of carbonyl (C=O) groups is 1. The van der Waals surface area contributed by atoms with Gasteiger partial charge in [-0.3, -0.25) is 9.59 Å². The Hall–Kier alpha value is -4.06. The van der Waals surface area contributed by atoms with Gasteiger partial charge in [-0.1, -0.05) is 73.7 Å². The van der Waals surface area contributed by atoms with Gasteiger partial charge >= 0.3 is 0 Å². The van der Waals surface area contributed by atoms with Crippen molar-refractivity contribution in [2.24, 2.45) is 0 Å². The van der Waals surface area contributed by atoms with Crippen LogP contribution in [0.4, 0.5) is 5.69 Å². The topological polar surface area (TPSA) is 80.6 Å². The lowest BCUT2D eigenvalue weighted by atomic mass is 10.1. The number of hydrogen-bond acceptors (Lipinski definition) is 4. The van der Waals surface area contributed by atoms with Crippen molar-refractivity contribution in [2.75, 3.05) is 11.9 Å². The van der Waals surface area contributed by atoms with E-state index < -0.39 is 0 Å². The third-order valence-electron chi connectivity index (χ3n) is 6.68. The van der Waals surface area contributed by atoms with E-state index in [2.05, 4.69) is 32.2 Å². The molecule has 0 unspecified atom stereocenters. The third kappa shape index (κ3) is 9.01. The quantitative estimate of drug-likeness (QED) is 0.123. The average molecular weight is 543 g/mol.